The topological polar surface area (TPSA) is 84.9 Å². The molecule has 0 N–H and O–H groups in total. The van der Waals surface area contributed by atoms with Crippen LogP contribution in [0.4, 0.5) is 0 Å². The van der Waals surface area contributed by atoms with E-state index in [1.165, 1.54) is 0 Å². The van der Waals surface area contributed by atoms with Crippen LogP contribution in [0.15, 0.2) is 36.7 Å². The summed E-state index contributed by atoms with van der Waals surface area (Å²) in [4.78, 5) is 38.6. The van der Waals surface area contributed by atoms with Crippen LogP contribution in [-0.4, -0.2) is 77.6 Å². The maximum Gasteiger partial charge on any atom is 0.274 e. The number of ether oxygens (including phenoxy) is 2. The van der Waals surface area contributed by atoms with Crippen molar-refractivity contribution in [2.75, 3.05) is 40.0 Å². The Bertz CT molecular complexity index is 956. The largest absolute Gasteiger partial charge is 0.491 e. The highest BCUT2D eigenvalue weighted by Gasteiger charge is 2.36. The Balaban J connectivity index is 1.36. The lowest BCUT2D eigenvalue weighted by Crippen LogP contribution is -2.51. The third-order valence-electron chi connectivity index (χ3n) is 6.84. The van der Waals surface area contributed by atoms with Gasteiger partial charge in [0.1, 0.15) is 18.1 Å². The van der Waals surface area contributed by atoms with E-state index in [9.17, 15) is 9.59 Å². The summed E-state index contributed by atoms with van der Waals surface area (Å²) >= 11 is 0. The molecule has 4 rings (SSSR count). The van der Waals surface area contributed by atoms with E-state index >= 15 is 0 Å². The van der Waals surface area contributed by atoms with Crippen LogP contribution in [0.3, 0.4) is 0 Å². The second-order valence-corrected chi connectivity index (χ2v) is 9.10. The quantitative estimate of drug-likeness (QED) is 0.582. The average Bonchev–Trinajstić information content (AvgIpc) is 2.89. The van der Waals surface area contributed by atoms with Crippen LogP contribution in [0.25, 0.3) is 0 Å². The van der Waals surface area contributed by atoms with Crippen molar-refractivity contribution >= 4 is 11.8 Å². The SMILES string of the molecule is COCCOc1ccc(C(=O)N2CCCCC2C2CCN(C(=O)c3cnc(C)cn3)CC2)cc1. The molecule has 2 aliphatic rings. The van der Waals surface area contributed by atoms with Crippen molar-refractivity contribution in [2.24, 2.45) is 5.92 Å². The maximum absolute atomic E-state index is 13.4. The van der Waals surface area contributed by atoms with Crippen molar-refractivity contribution in [3.8, 4) is 5.75 Å². The predicted molar refractivity (Wildman–Crippen MR) is 128 cm³/mol. The molecule has 3 heterocycles. The highest BCUT2D eigenvalue weighted by molar-refractivity contribution is 5.94. The van der Waals surface area contributed by atoms with E-state index in [0.717, 1.165) is 50.1 Å². The third-order valence-corrected chi connectivity index (χ3v) is 6.84. The molecule has 1 atom stereocenters. The second kappa shape index (κ2) is 11.4. The Morgan fingerprint density at radius 1 is 0.941 bits per heavy atom. The molecule has 2 amide bonds. The molecule has 2 saturated heterocycles. The Labute approximate surface area is 201 Å². The van der Waals surface area contributed by atoms with Gasteiger partial charge in [-0.05, 0) is 69.2 Å². The predicted octanol–water partition coefficient (Wildman–Crippen LogP) is 3.36. The van der Waals surface area contributed by atoms with Gasteiger partial charge >= 0.3 is 0 Å². The highest BCUT2D eigenvalue weighted by Crippen LogP contribution is 2.32. The Hall–Kier alpha value is -3.00. The van der Waals surface area contributed by atoms with Crippen LogP contribution in [0, 0.1) is 12.8 Å². The van der Waals surface area contributed by atoms with Gasteiger partial charge in [-0.2, -0.15) is 0 Å². The zero-order chi connectivity index (χ0) is 23.9. The van der Waals surface area contributed by atoms with Crippen LogP contribution >= 0.6 is 0 Å². The number of aromatic nitrogens is 2. The van der Waals surface area contributed by atoms with E-state index < -0.39 is 0 Å². The fourth-order valence-corrected chi connectivity index (χ4v) is 4.95. The minimum atomic E-state index is -0.0599. The molecule has 8 nitrogen and oxygen atoms in total. The van der Waals surface area contributed by atoms with E-state index in [1.807, 2.05) is 36.1 Å². The zero-order valence-corrected chi connectivity index (χ0v) is 20.1. The number of methoxy groups -OCH3 is 1. The first-order valence-electron chi connectivity index (χ1n) is 12.2. The number of nitrogens with zero attached hydrogens (tertiary/aromatic N) is 4. The first-order valence-corrected chi connectivity index (χ1v) is 12.2. The minimum Gasteiger partial charge on any atom is -0.491 e. The number of carbonyl (C=O) groups is 2. The molecule has 8 heteroatoms. The van der Waals surface area contributed by atoms with Gasteiger partial charge < -0.3 is 19.3 Å². The molecule has 0 spiro atoms. The first kappa shape index (κ1) is 24.1. The molecular weight excluding hydrogens is 432 g/mol. The molecule has 0 aliphatic carbocycles. The number of amides is 2. The van der Waals surface area contributed by atoms with Gasteiger partial charge in [0.05, 0.1) is 18.5 Å². The Kier molecular flexibility index (Phi) is 8.11. The van der Waals surface area contributed by atoms with Crippen molar-refractivity contribution in [2.45, 2.75) is 45.1 Å². The van der Waals surface area contributed by atoms with Crippen LogP contribution in [0.5, 0.6) is 5.75 Å². The van der Waals surface area contributed by atoms with Crippen molar-refractivity contribution in [3.63, 3.8) is 0 Å². The fraction of sp³-hybridized carbons (Fsp3) is 0.538. The number of likely N-dealkylation sites (tertiary alicyclic amines) is 2. The van der Waals surface area contributed by atoms with Crippen molar-refractivity contribution in [1.82, 2.24) is 19.8 Å². The van der Waals surface area contributed by atoms with Gasteiger partial charge in [0.25, 0.3) is 11.8 Å². The number of hydrogen-bond donors (Lipinski definition) is 0. The van der Waals surface area contributed by atoms with Crippen molar-refractivity contribution in [3.05, 3.63) is 53.6 Å². The van der Waals surface area contributed by atoms with E-state index in [1.54, 1.807) is 19.5 Å². The summed E-state index contributed by atoms with van der Waals surface area (Å²) in [5.41, 5.74) is 1.88. The second-order valence-electron chi connectivity index (χ2n) is 9.10. The molecule has 1 aromatic carbocycles. The molecule has 34 heavy (non-hydrogen) atoms. The lowest BCUT2D eigenvalue weighted by atomic mass is 9.83. The summed E-state index contributed by atoms with van der Waals surface area (Å²) in [7, 11) is 1.64. The fourth-order valence-electron chi connectivity index (χ4n) is 4.95. The number of carbonyl (C=O) groups excluding carboxylic acids is 2. The van der Waals surface area contributed by atoms with Gasteiger partial charge in [-0.15, -0.1) is 0 Å². The number of hydrogen-bond acceptors (Lipinski definition) is 6. The molecule has 2 fully saturated rings. The van der Waals surface area contributed by atoms with Crippen LogP contribution in [0.2, 0.25) is 0 Å². The summed E-state index contributed by atoms with van der Waals surface area (Å²) in [6, 6.07) is 7.61. The smallest absolute Gasteiger partial charge is 0.274 e. The number of piperidine rings is 2. The van der Waals surface area contributed by atoms with E-state index in [4.69, 9.17) is 9.47 Å². The average molecular weight is 467 g/mol. The van der Waals surface area contributed by atoms with Crippen molar-refractivity contribution < 1.29 is 19.1 Å². The Morgan fingerprint density at radius 2 is 1.71 bits per heavy atom. The van der Waals surface area contributed by atoms with Gasteiger partial charge in [0.15, 0.2) is 0 Å². The lowest BCUT2D eigenvalue weighted by molar-refractivity contribution is 0.0373. The minimum absolute atomic E-state index is 0.0599. The third kappa shape index (κ3) is 5.73. The first-order chi connectivity index (χ1) is 16.6. The Morgan fingerprint density at radius 3 is 2.38 bits per heavy atom. The van der Waals surface area contributed by atoms with E-state index in [-0.39, 0.29) is 17.9 Å². The molecular formula is C26H34N4O4. The molecule has 1 unspecified atom stereocenters. The summed E-state index contributed by atoms with van der Waals surface area (Å²) < 4.78 is 10.6. The van der Waals surface area contributed by atoms with Crippen LogP contribution in [0.1, 0.15) is 58.6 Å². The van der Waals surface area contributed by atoms with Gasteiger partial charge in [0, 0.05) is 44.5 Å². The van der Waals surface area contributed by atoms with Gasteiger partial charge in [-0.3, -0.25) is 14.6 Å². The lowest BCUT2D eigenvalue weighted by Gasteiger charge is -2.43. The number of rotatable bonds is 7. The zero-order valence-electron chi connectivity index (χ0n) is 20.1. The van der Waals surface area contributed by atoms with Crippen LogP contribution in [-0.2, 0) is 4.74 Å². The normalized spacial score (nSPS) is 19.2. The van der Waals surface area contributed by atoms with Gasteiger partial charge in [-0.1, -0.05) is 0 Å². The molecule has 2 aromatic rings. The summed E-state index contributed by atoms with van der Waals surface area (Å²) in [6.07, 6.45) is 8.16. The number of aryl methyl sites for hydroxylation is 1. The molecule has 0 radical (unpaired) electrons. The van der Waals surface area contributed by atoms with E-state index in [0.29, 0.717) is 43.5 Å². The highest BCUT2D eigenvalue weighted by atomic mass is 16.5. The summed E-state index contributed by atoms with van der Waals surface area (Å²) in [5, 5.41) is 0. The van der Waals surface area contributed by atoms with Crippen molar-refractivity contribution in [1.29, 1.82) is 0 Å². The van der Waals surface area contributed by atoms with Gasteiger partial charge in [-0.25, -0.2) is 4.98 Å². The summed E-state index contributed by atoms with van der Waals surface area (Å²) in [6.45, 7) is 5.02. The molecule has 2 aliphatic heterocycles. The number of benzene rings is 1. The monoisotopic (exact) mass is 466 g/mol. The standard InChI is InChI=1S/C26H34N4O4/c1-19-17-28-23(18-27-19)26(32)29-13-10-20(11-14-29)24-5-3-4-12-30(24)25(31)21-6-8-22(9-7-21)34-16-15-33-2/h6-9,17-18,20,24H,3-5,10-16H2,1-2H3. The summed E-state index contributed by atoms with van der Waals surface area (Å²) in [5.74, 6) is 1.16. The molecule has 0 bridgehead atoms. The maximum atomic E-state index is 13.4. The van der Waals surface area contributed by atoms with Gasteiger partial charge in [0.2, 0.25) is 0 Å². The molecule has 182 valence electrons. The molecule has 0 saturated carbocycles. The molecule has 1 aromatic heterocycles. The van der Waals surface area contributed by atoms with Crippen LogP contribution < -0.4 is 4.74 Å². The van der Waals surface area contributed by atoms with E-state index in [2.05, 4.69) is 14.9 Å².